The van der Waals surface area contributed by atoms with E-state index in [0.29, 0.717) is 26.1 Å². The third-order valence-corrected chi connectivity index (χ3v) is 6.13. The van der Waals surface area contributed by atoms with Crippen LogP contribution < -0.4 is 0 Å². The highest BCUT2D eigenvalue weighted by molar-refractivity contribution is 7.18. The number of thiazole rings is 1. The van der Waals surface area contributed by atoms with Crippen LogP contribution in [0.3, 0.4) is 0 Å². The molecule has 1 fully saturated rings. The van der Waals surface area contributed by atoms with Crippen LogP contribution in [0.4, 0.5) is 4.39 Å². The maximum absolute atomic E-state index is 13.1. The first kappa shape index (κ1) is 19.0. The summed E-state index contributed by atoms with van der Waals surface area (Å²) in [4.78, 5) is 19.1. The molecule has 3 aromatic rings. The van der Waals surface area contributed by atoms with Gasteiger partial charge in [0.05, 0.1) is 28.4 Å². The first-order valence-corrected chi connectivity index (χ1v) is 10.5. The number of carbonyl (C=O) groups excluding carboxylic acids is 1. The van der Waals surface area contributed by atoms with E-state index in [-0.39, 0.29) is 17.8 Å². The van der Waals surface area contributed by atoms with Crippen molar-refractivity contribution in [3.05, 3.63) is 64.9 Å². The maximum atomic E-state index is 13.1. The van der Waals surface area contributed by atoms with Crippen LogP contribution in [0.5, 0.6) is 0 Å². The Hall–Kier alpha value is -2.31. The second kappa shape index (κ2) is 8.80. The van der Waals surface area contributed by atoms with Crippen molar-refractivity contribution < 1.29 is 13.9 Å². The number of para-hydroxylation sites is 1. The van der Waals surface area contributed by atoms with E-state index in [1.54, 1.807) is 23.5 Å². The number of hydrogen-bond acceptors (Lipinski definition) is 4. The summed E-state index contributed by atoms with van der Waals surface area (Å²) in [6.45, 7) is 1.66. The Balaban J connectivity index is 1.24. The van der Waals surface area contributed by atoms with Gasteiger partial charge < -0.3 is 9.64 Å². The molecule has 1 atom stereocenters. The van der Waals surface area contributed by atoms with Gasteiger partial charge >= 0.3 is 0 Å². The summed E-state index contributed by atoms with van der Waals surface area (Å²) in [7, 11) is 0. The number of nitrogens with zero attached hydrogens (tertiary/aromatic N) is 2. The van der Waals surface area contributed by atoms with E-state index >= 15 is 0 Å². The lowest BCUT2D eigenvalue weighted by atomic mass is 10.1. The Bertz CT molecular complexity index is 908. The lowest BCUT2D eigenvalue weighted by Crippen LogP contribution is -2.42. The molecule has 0 bridgehead atoms. The minimum atomic E-state index is -0.263. The predicted molar refractivity (Wildman–Crippen MR) is 109 cm³/mol. The molecule has 146 valence electrons. The summed E-state index contributed by atoms with van der Waals surface area (Å²) in [5.41, 5.74) is 1.97. The summed E-state index contributed by atoms with van der Waals surface area (Å²) >= 11 is 1.73. The Morgan fingerprint density at radius 1 is 1.18 bits per heavy atom. The average Bonchev–Trinajstić information content (AvgIpc) is 3.14. The largest absolute Gasteiger partial charge is 0.370 e. The van der Waals surface area contributed by atoms with Crippen LogP contribution in [0.15, 0.2) is 48.5 Å². The van der Waals surface area contributed by atoms with E-state index < -0.39 is 0 Å². The average molecular weight is 399 g/mol. The highest BCUT2D eigenvalue weighted by Gasteiger charge is 2.25. The normalized spacial score (nSPS) is 17.2. The molecule has 0 radical (unpaired) electrons. The zero-order chi connectivity index (χ0) is 19.3. The molecule has 6 heteroatoms. The molecule has 2 aromatic carbocycles. The first-order chi connectivity index (χ1) is 13.7. The number of amides is 1. The molecule has 0 unspecified atom stereocenters. The van der Waals surface area contributed by atoms with Crippen LogP contribution in [0, 0.1) is 5.82 Å². The van der Waals surface area contributed by atoms with Crippen molar-refractivity contribution in [1.29, 1.82) is 0 Å². The van der Waals surface area contributed by atoms with Gasteiger partial charge in [-0.2, -0.15) is 0 Å². The molecule has 1 aromatic heterocycles. The van der Waals surface area contributed by atoms with Crippen molar-refractivity contribution in [3.63, 3.8) is 0 Å². The van der Waals surface area contributed by atoms with Gasteiger partial charge in [-0.05, 0) is 49.1 Å². The summed E-state index contributed by atoms with van der Waals surface area (Å²) in [6.07, 6.45) is 3.08. The molecule has 2 heterocycles. The molecule has 1 aliphatic rings. The van der Waals surface area contributed by atoms with Gasteiger partial charge in [0.15, 0.2) is 0 Å². The molecule has 0 saturated carbocycles. The molecule has 1 amide bonds. The fourth-order valence-corrected chi connectivity index (χ4v) is 4.50. The van der Waals surface area contributed by atoms with E-state index in [9.17, 15) is 9.18 Å². The highest BCUT2D eigenvalue weighted by Crippen LogP contribution is 2.24. The van der Waals surface area contributed by atoms with E-state index in [2.05, 4.69) is 11.1 Å². The molecule has 1 saturated heterocycles. The van der Waals surface area contributed by atoms with Crippen molar-refractivity contribution in [2.45, 2.75) is 31.8 Å². The van der Waals surface area contributed by atoms with E-state index in [0.717, 1.165) is 35.4 Å². The SMILES string of the molecule is O=C(CCCCc1nc2ccccc2s1)N1CCO[C@H](c2ccc(F)cc2)C1. The number of halogens is 1. The quantitative estimate of drug-likeness (QED) is 0.563. The van der Waals surface area contributed by atoms with Gasteiger partial charge in [0.25, 0.3) is 0 Å². The van der Waals surface area contributed by atoms with Crippen LogP contribution in [0.25, 0.3) is 10.2 Å². The van der Waals surface area contributed by atoms with Crippen molar-refractivity contribution in [1.82, 2.24) is 9.88 Å². The van der Waals surface area contributed by atoms with Crippen LogP contribution in [-0.4, -0.2) is 35.5 Å². The predicted octanol–water partition coefficient (Wildman–Crippen LogP) is 4.75. The van der Waals surface area contributed by atoms with Crippen molar-refractivity contribution in [3.8, 4) is 0 Å². The number of ether oxygens (including phenoxy) is 1. The number of morpholine rings is 1. The summed E-state index contributed by atoms with van der Waals surface area (Å²) in [5, 5.41) is 1.14. The molecular formula is C22H23FN2O2S. The molecule has 4 nitrogen and oxygen atoms in total. The second-order valence-electron chi connectivity index (χ2n) is 7.03. The molecular weight excluding hydrogens is 375 g/mol. The number of fused-ring (bicyclic) bond motifs is 1. The first-order valence-electron chi connectivity index (χ1n) is 9.68. The Morgan fingerprint density at radius 3 is 2.82 bits per heavy atom. The standard InChI is InChI=1S/C22H23FN2O2S/c23-17-11-9-16(10-12-17)19-15-25(13-14-27-19)22(26)8-4-3-7-21-24-18-5-1-2-6-20(18)28-21/h1-2,5-6,9-12,19H,3-4,7-8,13-15H2/t19-/m0/s1. The summed E-state index contributed by atoms with van der Waals surface area (Å²) < 4.78 is 20.1. The second-order valence-corrected chi connectivity index (χ2v) is 8.15. The lowest BCUT2D eigenvalue weighted by Gasteiger charge is -2.33. The van der Waals surface area contributed by atoms with Crippen LogP contribution in [0.2, 0.25) is 0 Å². The van der Waals surface area contributed by atoms with E-state index in [4.69, 9.17) is 4.74 Å². The van der Waals surface area contributed by atoms with Crippen molar-refractivity contribution in [2.24, 2.45) is 0 Å². The number of unbranched alkanes of at least 4 members (excludes halogenated alkanes) is 1. The van der Waals surface area contributed by atoms with E-state index in [1.165, 1.54) is 16.8 Å². The molecule has 0 spiro atoms. The minimum absolute atomic E-state index is 0.166. The molecule has 0 aliphatic carbocycles. The number of hydrogen-bond donors (Lipinski definition) is 0. The van der Waals surface area contributed by atoms with Gasteiger partial charge in [-0.3, -0.25) is 4.79 Å². The molecule has 4 rings (SSSR count). The molecule has 0 N–H and O–H groups in total. The third-order valence-electron chi connectivity index (χ3n) is 5.03. The third kappa shape index (κ3) is 4.56. The fraction of sp³-hybridized carbons (Fsp3) is 0.364. The minimum Gasteiger partial charge on any atom is -0.370 e. The van der Waals surface area contributed by atoms with Gasteiger partial charge in [0, 0.05) is 13.0 Å². The zero-order valence-electron chi connectivity index (χ0n) is 15.6. The van der Waals surface area contributed by atoms with Gasteiger partial charge in [-0.25, -0.2) is 9.37 Å². The summed E-state index contributed by atoms with van der Waals surface area (Å²) in [6, 6.07) is 14.5. The number of aromatic nitrogens is 1. The van der Waals surface area contributed by atoms with Crippen molar-refractivity contribution >= 4 is 27.5 Å². The number of rotatable bonds is 6. The van der Waals surface area contributed by atoms with Crippen molar-refractivity contribution in [2.75, 3.05) is 19.7 Å². The lowest BCUT2D eigenvalue weighted by molar-refractivity contribution is -0.139. The Kier molecular flexibility index (Phi) is 5.98. The zero-order valence-corrected chi connectivity index (χ0v) is 16.5. The van der Waals surface area contributed by atoms with Crippen LogP contribution in [-0.2, 0) is 16.0 Å². The van der Waals surface area contributed by atoms with Gasteiger partial charge in [-0.15, -0.1) is 11.3 Å². The topological polar surface area (TPSA) is 42.4 Å². The van der Waals surface area contributed by atoms with Gasteiger partial charge in [0.2, 0.25) is 5.91 Å². The van der Waals surface area contributed by atoms with E-state index in [1.807, 2.05) is 23.1 Å². The van der Waals surface area contributed by atoms with Crippen LogP contribution >= 0.6 is 11.3 Å². The summed E-state index contributed by atoms with van der Waals surface area (Å²) in [5.74, 6) is -0.0969. The fourth-order valence-electron chi connectivity index (χ4n) is 3.49. The Labute approximate surface area is 168 Å². The monoisotopic (exact) mass is 398 g/mol. The molecule has 28 heavy (non-hydrogen) atoms. The van der Waals surface area contributed by atoms with Gasteiger partial charge in [-0.1, -0.05) is 24.3 Å². The Morgan fingerprint density at radius 2 is 2.00 bits per heavy atom. The highest BCUT2D eigenvalue weighted by atomic mass is 32.1. The van der Waals surface area contributed by atoms with Gasteiger partial charge in [0.1, 0.15) is 11.9 Å². The number of carbonyl (C=O) groups is 1. The smallest absolute Gasteiger partial charge is 0.222 e. The molecule has 1 aliphatic heterocycles. The maximum Gasteiger partial charge on any atom is 0.222 e. The van der Waals surface area contributed by atoms with Crippen LogP contribution in [0.1, 0.15) is 35.9 Å². The number of benzene rings is 2. The number of aryl methyl sites for hydroxylation is 1.